The van der Waals surface area contributed by atoms with Crippen LogP contribution < -0.4 is 5.32 Å². The molecule has 0 spiro atoms. The maximum absolute atomic E-state index is 11.6. The molecule has 1 aromatic carbocycles. The van der Waals surface area contributed by atoms with E-state index in [0.717, 1.165) is 15.9 Å². The highest BCUT2D eigenvalue weighted by Crippen LogP contribution is 2.19. The number of H-pyrrole nitrogens is 1. The van der Waals surface area contributed by atoms with Crippen LogP contribution in [0.25, 0.3) is 6.08 Å². The molecule has 1 amide bonds. The Hall–Kier alpha value is -1.88. The minimum absolute atomic E-state index is 0.149. The minimum atomic E-state index is -0.149. The number of hydrogen-bond donors (Lipinski definition) is 2. The summed E-state index contributed by atoms with van der Waals surface area (Å²) in [6.45, 7) is 2.42. The number of aromatic nitrogens is 2. The van der Waals surface area contributed by atoms with Crippen LogP contribution in [0.15, 0.2) is 41.1 Å². The molecule has 0 unspecified atom stereocenters. The van der Waals surface area contributed by atoms with Crippen LogP contribution in [0.2, 0.25) is 0 Å². The van der Waals surface area contributed by atoms with Crippen LogP contribution >= 0.6 is 15.9 Å². The fourth-order valence-electron chi connectivity index (χ4n) is 1.56. The number of hydrogen-bond acceptors (Lipinski definition) is 2. The fraction of sp³-hybridized carbons (Fsp3) is 0.143. The first-order chi connectivity index (χ1) is 9.15. The third-order valence-corrected chi connectivity index (χ3v) is 3.24. The molecule has 0 radical (unpaired) electrons. The summed E-state index contributed by atoms with van der Waals surface area (Å²) in [7, 11) is 0. The Labute approximate surface area is 120 Å². The molecule has 0 aliphatic carbocycles. The van der Waals surface area contributed by atoms with E-state index in [2.05, 4.69) is 31.2 Å². The normalized spacial score (nSPS) is 10.8. The van der Waals surface area contributed by atoms with Crippen molar-refractivity contribution in [2.45, 2.75) is 13.5 Å². The van der Waals surface area contributed by atoms with E-state index in [-0.39, 0.29) is 5.91 Å². The van der Waals surface area contributed by atoms with E-state index in [4.69, 9.17) is 0 Å². The van der Waals surface area contributed by atoms with Gasteiger partial charge in [-0.1, -0.05) is 28.1 Å². The summed E-state index contributed by atoms with van der Waals surface area (Å²) < 4.78 is 0.975. The first-order valence-electron chi connectivity index (χ1n) is 5.85. The van der Waals surface area contributed by atoms with E-state index in [1.54, 1.807) is 18.5 Å². The number of benzene rings is 1. The van der Waals surface area contributed by atoms with Crippen molar-refractivity contribution in [1.29, 1.82) is 0 Å². The number of carbonyl (C=O) groups excluding carboxylic acids is 1. The molecule has 0 fully saturated rings. The van der Waals surface area contributed by atoms with Gasteiger partial charge < -0.3 is 10.3 Å². The second-order valence-corrected chi connectivity index (χ2v) is 4.97. The Kier molecular flexibility index (Phi) is 4.52. The number of rotatable bonds is 4. The average Bonchev–Trinajstić information content (AvgIpc) is 2.88. The summed E-state index contributed by atoms with van der Waals surface area (Å²) in [6.07, 6.45) is 6.67. The molecule has 0 atom stereocenters. The quantitative estimate of drug-likeness (QED) is 0.851. The largest absolute Gasteiger partial charge is 0.347 e. The standard InChI is InChI=1S/C14H14BrN3O/c1-10-2-3-11(12(15)8-10)4-5-14(19)18-9-13-16-6-7-17-13/h2-8H,9H2,1H3,(H,16,17)(H,18,19). The molecule has 4 nitrogen and oxygen atoms in total. The zero-order valence-corrected chi connectivity index (χ0v) is 12.1. The summed E-state index contributed by atoms with van der Waals surface area (Å²) in [4.78, 5) is 18.6. The van der Waals surface area contributed by atoms with Gasteiger partial charge in [0.05, 0.1) is 6.54 Å². The molecule has 1 heterocycles. The fourth-order valence-corrected chi connectivity index (χ4v) is 2.18. The molecule has 0 saturated heterocycles. The van der Waals surface area contributed by atoms with Gasteiger partial charge in [-0.25, -0.2) is 4.98 Å². The highest BCUT2D eigenvalue weighted by molar-refractivity contribution is 9.10. The van der Waals surface area contributed by atoms with Gasteiger partial charge >= 0.3 is 0 Å². The number of halogens is 1. The van der Waals surface area contributed by atoms with E-state index >= 15 is 0 Å². The van der Waals surface area contributed by atoms with Crippen molar-refractivity contribution in [1.82, 2.24) is 15.3 Å². The lowest BCUT2D eigenvalue weighted by molar-refractivity contribution is -0.116. The van der Waals surface area contributed by atoms with Gasteiger partial charge in [0.25, 0.3) is 0 Å². The van der Waals surface area contributed by atoms with E-state index in [1.807, 2.05) is 25.1 Å². The van der Waals surface area contributed by atoms with Crippen LogP contribution in [0.3, 0.4) is 0 Å². The topological polar surface area (TPSA) is 57.8 Å². The third-order valence-electron chi connectivity index (χ3n) is 2.56. The van der Waals surface area contributed by atoms with E-state index in [0.29, 0.717) is 6.54 Å². The van der Waals surface area contributed by atoms with Crippen molar-refractivity contribution in [3.8, 4) is 0 Å². The van der Waals surface area contributed by atoms with Crippen LogP contribution in [0.4, 0.5) is 0 Å². The van der Waals surface area contributed by atoms with Crippen molar-refractivity contribution in [3.63, 3.8) is 0 Å². The molecule has 98 valence electrons. The zero-order valence-electron chi connectivity index (χ0n) is 10.5. The lowest BCUT2D eigenvalue weighted by atomic mass is 10.1. The molecule has 2 rings (SSSR count). The summed E-state index contributed by atoms with van der Waals surface area (Å²) in [5, 5.41) is 2.75. The number of imidazole rings is 1. The van der Waals surface area contributed by atoms with Gasteiger partial charge in [-0.3, -0.25) is 4.79 Å². The van der Waals surface area contributed by atoms with Gasteiger partial charge in [0, 0.05) is 22.9 Å². The Bertz CT molecular complexity index is 591. The maximum atomic E-state index is 11.6. The van der Waals surface area contributed by atoms with Crippen molar-refractivity contribution in [3.05, 3.63) is 58.1 Å². The van der Waals surface area contributed by atoms with Gasteiger partial charge in [-0.05, 0) is 30.2 Å². The predicted octanol–water partition coefficient (Wildman–Crippen LogP) is 2.81. The zero-order chi connectivity index (χ0) is 13.7. The molecule has 0 saturated carbocycles. The minimum Gasteiger partial charge on any atom is -0.347 e. The first kappa shape index (κ1) is 13.5. The average molecular weight is 320 g/mol. The van der Waals surface area contributed by atoms with Gasteiger partial charge in [0.1, 0.15) is 5.82 Å². The molecule has 2 N–H and O–H groups in total. The van der Waals surface area contributed by atoms with Crippen molar-refractivity contribution >= 4 is 27.9 Å². The second-order valence-electron chi connectivity index (χ2n) is 4.11. The molecule has 19 heavy (non-hydrogen) atoms. The van der Waals surface area contributed by atoms with Crippen LogP contribution in [0.5, 0.6) is 0 Å². The lowest BCUT2D eigenvalue weighted by Crippen LogP contribution is -2.20. The van der Waals surface area contributed by atoms with E-state index < -0.39 is 0 Å². The highest BCUT2D eigenvalue weighted by atomic mass is 79.9. The maximum Gasteiger partial charge on any atom is 0.244 e. The lowest BCUT2D eigenvalue weighted by Gasteiger charge is -2.01. The number of carbonyl (C=O) groups is 1. The van der Waals surface area contributed by atoms with Crippen LogP contribution in [0, 0.1) is 6.92 Å². The number of aryl methyl sites for hydroxylation is 1. The Balaban J connectivity index is 1.92. The second kappa shape index (κ2) is 6.33. The van der Waals surface area contributed by atoms with Crippen molar-refractivity contribution < 1.29 is 4.79 Å². The molecule has 2 aromatic rings. The molecular formula is C14H14BrN3O. The highest BCUT2D eigenvalue weighted by Gasteiger charge is 2.00. The molecule has 0 aliphatic rings. The summed E-state index contributed by atoms with van der Waals surface area (Å²) in [5.74, 6) is 0.585. The Morgan fingerprint density at radius 1 is 1.53 bits per heavy atom. The summed E-state index contributed by atoms with van der Waals surface area (Å²) in [5.41, 5.74) is 2.14. The number of aromatic amines is 1. The molecule has 0 bridgehead atoms. The van der Waals surface area contributed by atoms with Crippen LogP contribution in [-0.4, -0.2) is 15.9 Å². The van der Waals surface area contributed by atoms with Crippen molar-refractivity contribution in [2.24, 2.45) is 0 Å². The summed E-state index contributed by atoms with van der Waals surface area (Å²) in [6, 6.07) is 5.99. The molecule has 5 heteroatoms. The van der Waals surface area contributed by atoms with Gasteiger partial charge in [0.2, 0.25) is 5.91 Å². The SMILES string of the molecule is Cc1ccc(C=CC(=O)NCc2ncc[nH]2)c(Br)c1. The molecule has 1 aromatic heterocycles. The number of nitrogens with one attached hydrogen (secondary N) is 2. The third kappa shape index (κ3) is 4.06. The smallest absolute Gasteiger partial charge is 0.244 e. The Morgan fingerprint density at radius 3 is 3.05 bits per heavy atom. The van der Waals surface area contributed by atoms with Gasteiger partial charge in [0.15, 0.2) is 0 Å². The first-order valence-corrected chi connectivity index (χ1v) is 6.65. The molecular weight excluding hydrogens is 306 g/mol. The monoisotopic (exact) mass is 319 g/mol. The van der Waals surface area contributed by atoms with Crippen LogP contribution in [0.1, 0.15) is 17.0 Å². The van der Waals surface area contributed by atoms with Crippen LogP contribution in [-0.2, 0) is 11.3 Å². The Morgan fingerprint density at radius 2 is 2.37 bits per heavy atom. The van der Waals surface area contributed by atoms with E-state index in [1.165, 1.54) is 11.6 Å². The number of nitrogens with zero attached hydrogens (tertiary/aromatic N) is 1. The van der Waals surface area contributed by atoms with E-state index in [9.17, 15) is 4.79 Å². The van der Waals surface area contributed by atoms with Crippen molar-refractivity contribution in [2.75, 3.05) is 0 Å². The van der Waals surface area contributed by atoms with Gasteiger partial charge in [-0.15, -0.1) is 0 Å². The van der Waals surface area contributed by atoms with Gasteiger partial charge in [-0.2, -0.15) is 0 Å². The number of amides is 1. The summed E-state index contributed by atoms with van der Waals surface area (Å²) >= 11 is 3.47. The predicted molar refractivity (Wildman–Crippen MR) is 78.3 cm³/mol. The molecule has 0 aliphatic heterocycles.